The Labute approximate surface area is 117 Å². The molecule has 0 spiro atoms. The molecule has 7 heteroatoms. The van der Waals surface area contributed by atoms with E-state index in [1.807, 2.05) is 0 Å². The average Bonchev–Trinajstić information content (AvgIpc) is 2.37. The Morgan fingerprint density at radius 3 is 2.53 bits per heavy atom. The molecule has 0 saturated carbocycles. The predicted octanol–water partition coefficient (Wildman–Crippen LogP) is 1.85. The molecule has 19 heavy (non-hydrogen) atoms. The number of rotatable bonds is 3. The molecule has 0 amide bonds. The highest BCUT2D eigenvalue weighted by molar-refractivity contribution is 7.89. The largest absolute Gasteiger partial charge is 0.317 e. The van der Waals surface area contributed by atoms with Crippen molar-refractivity contribution < 1.29 is 12.8 Å². The fourth-order valence-electron chi connectivity index (χ4n) is 2.21. The maximum atomic E-state index is 13.3. The molecule has 0 atom stereocenters. The van der Waals surface area contributed by atoms with E-state index < -0.39 is 15.8 Å². The standard InChI is InChI=1S/C12H16ClFN2O2S/c1-16(11-2-4-15-5-3-11)19(17,18)12-7-9(13)6-10(14)8-12/h6-8,11,15H,2-5H2,1H3. The molecule has 0 aliphatic carbocycles. The van der Waals surface area contributed by atoms with Gasteiger partial charge in [0.25, 0.3) is 0 Å². The first-order valence-corrected chi connectivity index (χ1v) is 7.88. The van der Waals surface area contributed by atoms with Gasteiger partial charge in [0.05, 0.1) is 4.90 Å². The number of nitrogens with zero attached hydrogens (tertiary/aromatic N) is 1. The van der Waals surface area contributed by atoms with Gasteiger partial charge in [0.1, 0.15) is 5.82 Å². The monoisotopic (exact) mass is 306 g/mol. The summed E-state index contributed by atoms with van der Waals surface area (Å²) in [6, 6.07) is 3.30. The van der Waals surface area contributed by atoms with Gasteiger partial charge in [-0.2, -0.15) is 4.31 Å². The van der Waals surface area contributed by atoms with E-state index in [-0.39, 0.29) is 16.0 Å². The van der Waals surface area contributed by atoms with E-state index in [2.05, 4.69) is 5.32 Å². The summed E-state index contributed by atoms with van der Waals surface area (Å²) in [6.45, 7) is 1.57. The Morgan fingerprint density at radius 2 is 1.95 bits per heavy atom. The molecular weight excluding hydrogens is 291 g/mol. The molecule has 1 aromatic rings. The van der Waals surface area contributed by atoms with Crippen LogP contribution in [0.2, 0.25) is 5.02 Å². The zero-order valence-electron chi connectivity index (χ0n) is 10.6. The van der Waals surface area contributed by atoms with E-state index in [0.29, 0.717) is 0 Å². The van der Waals surface area contributed by atoms with Crippen LogP contribution in [-0.4, -0.2) is 38.9 Å². The highest BCUT2D eigenvalue weighted by Crippen LogP contribution is 2.24. The molecule has 4 nitrogen and oxygen atoms in total. The Morgan fingerprint density at radius 1 is 1.32 bits per heavy atom. The number of hydrogen-bond acceptors (Lipinski definition) is 3. The summed E-state index contributed by atoms with van der Waals surface area (Å²) >= 11 is 5.71. The third kappa shape index (κ3) is 3.25. The number of sulfonamides is 1. The number of piperidine rings is 1. The molecule has 0 aromatic heterocycles. The molecule has 1 N–H and O–H groups in total. The predicted molar refractivity (Wildman–Crippen MR) is 72.3 cm³/mol. The quantitative estimate of drug-likeness (QED) is 0.927. The zero-order valence-corrected chi connectivity index (χ0v) is 12.1. The van der Waals surface area contributed by atoms with Crippen LogP contribution < -0.4 is 5.32 Å². The second-order valence-electron chi connectivity index (χ2n) is 4.61. The summed E-state index contributed by atoms with van der Waals surface area (Å²) in [7, 11) is -2.17. The molecule has 106 valence electrons. The van der Waals surface area contributed by atoms with Crippen LogP contribution in [0.25, 0.3) is 0 Å². The Balaban J connectivity index is 2.30. The molecule has 2 rings (SSSR count). The van der Waals surface area contributed by atoms with Crippen LogP contribution in [0.15, 0.2) is 23.1 Å². The van der Waals surface area contributed by atoms with Crippen LogP contribution in [0.3, 0.4) is 0 Å². The van der Waals surface area contributed by atoms with Crippen molar-refractivity contribution in [2.45, 2.75) is 23.8 Å². The smallest absolute Gasteiger partial charge is 0.243 e. The van der Waals surface area contributed by atoms with E-state index in [9.17, 15) is 12.8 Å². The van der Waals surface area contributed by atoms with E-state index in [4.69, 9.17) is 11.6 Å². The van der Waals surface area contributed by atoms with Crippen LogP contribution in [0.5, 0.6) is 0 Å². The van der Waals surface area contributed by atoms with Crippen LogP contribution >= 0.6 is 11.6 Å². The molecular formula is C12H16ClFN2O2S. The first-order valence-electron chi connectivity index (χ1n) is 6.06. The molecule has 0 unspecified atom stereocenters. The van der Waals surface area contributed by atoms with Gasteiger partial charge < -0.3 is 5.32 Å². The highest BCUT2D eigenvalue weighted by Gasteiger charge is 2.29. The van der Waals surface area contributed by atoms with Gasteiger partial charge in [-0.15, -0.1) is 0 Å². The second kappa shape index (κ2) is 5.75. The maximum Gasteiger partial charge on any atom is 0.243 e. The molecule has 1 aliphatic heterocycles. The first-order chi connectivity index (χ1) is 8.91. The minimum Gasteiger partial charge on any atom is -0.317 e. The summed E-state index contributed by atoms with van der Waals surface area (Å²) in [6.07, 6.45) is 1.50. The fraction of sp³-hybridized carbons (Fsp3) is 0.500. The normalized spacial score (nSPS) is 17.9. The van der Waals surface area contributed by atoms with Crippen molar-refractivity contribution in [3.63, 3.8) is 0 Å². The van der Waals surface area contributed by atoms with Gasteiger partial charge in [-0.1, -0.05) is 11.6 Å². The number of benzene rings is 1. The van der Waals surface area contributed by atoms with E-state index >= 15 is 0 Å². The third-order valence-electron chi connectivity index (χ3n) is 3.34. The highest BCUT2D eigenvalue weighted by atomic mass is 35.5. The van der Waals surface area contributed by atoms with Crippen LogP contribution in [-0.2, 0) is 10.0 Å². The number of hydrogen-bond donors (Lipinski definition) is 1. The van der Waals surface area contributed by atoms with Crippen molar-refractivity contribution in [1.82, 2.24) is 9.62 Å². The average molecular weight is 307 g/mol. The van der Waals surface area contributed by atoms with Crippen molar-refractivity contribution in [3.8, 4) is 0 Å². The minimum atomic E-state index is -3.70. The molecule has 1 heterocycles. The van der Waals surface area contributed by atoms with Crippen molar-refractivity contribution in [3.05, 3.63) is 29.0 Å². The lowest BCUT2D eigenvalue weighted by Crippen LogP contribution is -2.43. The van der Waals surface area contributed by atoms with Crippen LogP contribution in [0.4, 0.5) is 4.39 Å². The first kappa shape index (κ1) is 14.7. The van der Waals surface area contributed by atoms with Gasteiger partial charge in [0, 0.05) is 18.1 Å². The summed E-state index contributed by atoms with van der Waals surface area (Å²) < 4.78 is 39.4. The number of nitrogens with one attached hydrogen (secondary N) is 1. The number of halogens is 2. The zero-order chi connectivity index (χ0) is 14.0. The van der Waals surface area contributed by atoms with Gasteiger partial charge in [0.15, 0.2) is 0 Å². The van der Waals surface area contributed by atoms with E-state index in [0.717, 1.165) is 38.1 Å². The lowest BCUT2D eigenvalue weighted by Gasteiger charge is -2.30. The summed E-state index contributed by atoms with van der Waals surface area (Å²) in [5.74, 6) is -0.648. The molecule has 1 aliphatic rings. The molecule has 0 radical (unpaired) electrons. The molecule has 0 bridgehead atoms. The third-order valence-corrected chi connectivity index (χ3v) is 5.44. The van der Waals surface area contributed by atoms with Crippen molar-refractivity contribution in [2.75, 3.05) is 20.1 Å². The summed E-state index contributed by atoms with van der Waals surface area (Å²) in [5, 5.41) is 3.26. The van der Waals surface area contributed by atoms with Crippen molar-refractivity contribution >= 4 is 21.6 Å². The Kier molecular flexibility index (Phi) is 4.45. The van der Waals surface area contributed by atoms with Gasteiger partial charge in [0.2, 0.25) is 10.0 Å². The SMILES string of the molecule is CN(C1CCNCC1)S(=O)(=O)c1cc(F)cc(Cl)c1. The van der Waals surface area contributed by atoms with Crippen LogP contribution in [0, 0.1) is 5.82 Å². The van der Waals surface area contributed by atoms with Crippen LogP contribution in [0.1, 0.15) is 12.8 Å². The minimum absolute atomic E-state index is 0.0618. The Hall–Kier alpha value is -0.690. The lowest BCUT2D eigenvalue weighted by atomic mass is 10.1. The maximum absolute atomic E-state index is 13.3. The van der Waals surface area contributed by atoms with Gasteiger partial charge in [-0.05, 0) is 44.1 Å². The van der Waals surface area contributed by atoms with Gasteiger partial charge in [-0.25, -0.2) is 12.8 Å². The molecule has 1 fully saturated rings. The summed E-state index contributed by atoms with van der Waals surface area (Å²) in [5.41, 5.74) is 0. The molecule has 1 saturated heterocycles. The molecule has 1 aromatic carbocycles. The van der Waals surface area contributed by atoms with Gasteiger partial charge in [-0.3, -0.25) is 0 Å². The van der Waals surface area contributed by atoms with E-state index in [1.54, 1.807) is 0 Å². The van der Waals surface area contributed by atoms with E-state index in [1.165, 1.54) is 17.4 Å². The topological polar surface area (TPSA) is 49.4 Å². The second-order valence-corrected chi connectivity index (χ2v) is 7.04. The lowest BCUT2D eigenvalue weighted by molar-refractivity contribution is 0.296. The van der Waals surface area contributed by atoms with Gasteiger partial charge >= 0.3 is 0 Å². The summed E-state index contributed by atoms with van der Waals surface area (Å²) in [4.78, 5) is -0.0986. The van der Waals surface area contributed by atoms with Crippen molar-refractivity contribution in [1.29, 1.82) is 0 Å². The Bertz CT molecular complexity index is 539. The fourth-order valence-corrected chi connectivity index (χ4v) is 3.97. The van der Waals surface area contributed by atoms with Crippen molar-refractivity contribution in [2.24, 2.45) is 0 Å².